The minimum Gasteiger partial charge on any atom is -0.389 e. The minimum absolute atomic E-state index is 0.0151. The summed E-state index contributed by atoms with van der Waals surface area (Å²) in [6.07, 6.45) is 6.09. The fourth-order valence-electron chi connectivity index (χ4n) is 2.12. The van der Waals surface area contributed by atoms with E-state index in [2.05, 4.69) is 10.6 Å². The molecule has 94 valence electrons. The van der Waals surface area contributed by atoms with Crippen molar-refractivity contribution in [3.63, 3.8) is 0 Å². The van der Waals surface area contributed by atoms with Crippen molar-refractivity contribution >= 4 is 5.91 Å². The van der Waals surface area contributed by atoms with E-state index in [-0.39, 0.29) is 5.91 Å². The van der Waals surface area contributed by atoms with Gasteiger partial charge in [0.05, 0.1) is 12.1 Å². The molecule has 4 nitrogen and oxygen atoms in total. The highest BCUT2D eigenvalue weighted by molar-refractivity contribution is 5.77. The maximum absolute atomic E-state index is 11.3. The SMILES string of the molecule is CCCNC(=O)CNCC1(O)CCCCC1. The van der Waals surface area contributed by atoms with Gasteiger partial charge in [0.1, 0.15) is 0 Å². The summed E-state index contributed by atoms with van der Waals surface area (Å²) in [4.78, 5) is 11.3. The summed E-state index contributed by atoms with van der Waals surface area (Å²) in [6, 6.07) is 0. The number of nitrogens with one attached hydrogen (secondary N) is 2. The van der Waals surface area contributed by atoms with Crippen LogP contribution in [0.1, 0.15) is 45.4 Å². The van der Waals surface area contributed by atoms with E-state index in [0.717, 1.165) is 38.6 Å². The second kappa shape index (κ2) is 6.86. The van der Waals surface area contributed by atoms with E-state index in [4.69, 9.17) is 0 Å². The molecule has 0 aromatic heterocycles. The molecule has 3 N–H and O–H groups in total. The number of aliphatic hydroxyl groups is 1. The lowest BCUT2D eigenvalue weighted by Gasteiger charge is -2.32. The molecule has 1 amide bonds. The van der Waals surface area contributed by atoms with Crippen LogP contribution in [0.15, 0.2) is 0 Å². The van der Waals surface area contributed by atoms with Gasteiger partial charge in [-0.2, -0.15) is 0 Å². The largest absolute Gasteiger partial charge is 0.389 e. The van der Waals surface area contributed by atoms with Crippen LogP contribution >= 0.6 is 0 Å². The van der Waals surface area contributed by atoms with Gasteiger partial charge in [-0.3, -0.25) is 4.79 Å². The highest BCUT2D eigenvalue weighted by atomic mass is 16.3. The van der Waals surface area contributed by atoms with Crippen molar-refractivity contribution in [3.8, 4) is 0 Å². The Bertz CT molecular complexity index is 213. The first-order valence-electron chi connectivity index (χ1n) is 6.36. The predicted octanol–water partition coefficient (Wildman–Crippen LogP) is 0.797. The Morgan fingerprint density at radius 1 is 1.31 bits per heavy atom. The summed E-state index contributed by atoms with van der Waals surface area (Å²) in [5.74, 6) is 0.0151. The summed E-state index contributed by atoms with van der Waals surface area (Å²) in [6.45, 7) is 3.60. The lowest BCUT2D eigenvalue weighted by atomic mass is 9.85. The third-order valence-corrected chi connectivity index (χ3v) is 3.10. The zero-order valence-corrected chi connectivity index (χ0v) is 10.2. The van der Waals surface area contributed by atoms with Crippen molar-refractivity contribution in [2.24, 2.45) is 0 Å². The highest BCUT2D eigenvalue weighted by Crippen LogP contribution is 2.27. The van der Waals surface area contributed by atoms with Crippen molar-refractivity contribution in [2.75, 3.05) is 19.6 Å². The number of amides is 1. The summed E-state index contributed by atoms with van der Waals surface area (Å²) < 4.78 is 0. The number of hydrogen-bond acceptors (Lipinski definition) is 3. The number of carbonyl (C=O) groups is 1. The van der Waals surface area contributed by atoms with Crippen LogP contribution < -0.4 is 10.6 Å². The van der Waals surface area contributed by atoms with Crippen LogP contribution in [-0.4, -0.2) is 36.2 Å². The van der Waals surface area contributed by atoms with Crippen molar-refractivity contribution in [2.45, 2.75) is 51.0 Å². The molecule has 0 saturated heterocycles. The molecule has 0 aliphatic heterocycles. The van der Waals surface area contributed by atoms with Crippen molar-refractivity contribution < 1.29 is 9.90 Å². The summed E-state index contributed by atoms with van der Waals surface area (Å²) in [5.41, 5.74) is -0.580. The Hall–Kier alpha value is -0.610. The van der Waals surface area contributed by atoms with Crippen LogP contribution in [0.4, 0.5) is 0 Å². The molecule has 4 heteroatoms. The van der Waals surface area contributed by atoms with Gasteiger partial charge in [-0.1, -0.05) is 26.2 Å². The molecular weight excluding hydrogens is 204 g/mol. The van der Waals surface area contributed by atoms with Gasteiger partial charge in [0.2, 0.25) is 5.91 Å². The van der Waals surface area contributed by atoms with Crippen LogP contribution in [0.25, 0.3) is 0 Å². The van der Waals surface area contributed by atoms with Gasteiger partial charge in [0, 0.05) is 13.1 Å². The molecule has 0 heterocycles. The van der Waals surface area contributed by atoms with Crippen molar-refractivity contribution in [1.29, 1.82) is 0 Å². The molecule has 0 radical (unpaired) electrons. The Labute approximate surface area is 97.8 Å². The van der Waals surface area contributed by atoms with Crippen LogP contribution in [0.5, 0.6) is 0 Å². The Balaban J connectivity index is 2.11. The van der Waals surface area contributed by atoms with E-state index in [1.807, 2.05) is 6.92 Å². The maximum Gasteiger partial charge on any atom is 0.233 e. The molecule has 0 aromatic carbocycles. The van der Waals surface area contributed by atoms with Gasteiger partial charge in [-0.25, -0.2) is 0 Å². The lowest BCUT2D eigenvalue weighted by Crippen LogP contribution is -2.45. The molecule has 0 spiro atoms. The van der Waals surface area contributed by atoms with E-state index >= 15 is 0 Å². The second-order valence-corrected chi connectivity index (χ2v) is 4.74. The molecule has 0 unspecified atom stereocenters. The molecule has 1 aliphatic carbocycles. The Morgan fingerprint density at radius 2 is 2.00 bits per heavy atom. The average molecular weight is 228 g/mol. The first kappa shape index (κ1) is 13.5. The molecule has 0 bridgehead atoms. The topological polar surface area (TPSA) is 61.4 Å². The van der Waals surface area contributed by atoms with E-state index in [1.54, 1.807) is 0 Å². The molecule has 1 rings (SSSR count). The van der Waals surface area contributed by atoms with E-state index < -0.39 is 5.60 Å². The van der Waals surface area contributed by atoms with Gasteiger partial charge in [-0.05, 0) is 19.3 Å². The predicted molar refractivity (Wildman–Crippen MR) is 64.2 cm³/mol. The third-order valence-electron chi connectivity index (χ3n) is 3.10. The van der Waals surface area contributed by atoms with Crippen LogP contribution in [-0.2, 0) is 4.79 Å². The van der Waals surface area contributed by atoms with Crippen LogP contribution in [0.3, 0.4) is 0 Å². The number of rotatable bonds is 6. The fraction of sp³-hybridized carbons (Fsp3) is 0.917. The fourth-order valence-corrected chi connectivity index (χ4v) is 2.12. The van der Waals surface area contributed by atoms with Gasteiger partial charge >= 0.3 is 0 Å². The highest BCUT2D eigenvalue weighted by Gasteiger charge is 2.28. The molecule has 1 aliphatic rings. The minimum atomic E-state index is -0.580. The van der Waals surface area contributed by atoms with Gasteiger partial charge in [0.15, 0.2) is 0 Å². The molecule has 16 heavy (non-hydrogen) atoms. The zero-order valence-electron chi connectivity index (χ0n) is 10.2. The first-order valence-corrected chi connectivity index (χ1v) is 6.36. The summed E-state index contributed by atoms with van der Waals surface area (Å²) in [7, 11) is 0. The van der Waals surface area contributed by atoms with Gasteiger partial charge in [-0.15, -0.1) is 0 Å². The maximum atomic E-state index is 11.3. The second-order valence-electron chi connectivity index (χ2n) is 4.74. The summed E-state index contributed by atoms with van der Waals surface area (Å²) in [5, 5.41) is 16.0. The van der Waals surface area contributed by atoms with Crippen molar-refractivity contribution in [1.82, 2.24) is 10.6 Å². The molecular formula is C12H24N2O2. The number of hydrogen-bond donors (Lipinski definition) is 3. The monoisotopic (exact) mass is 228 g/mol. The lowest BCUT2D eigenvalue weighted by molar-refractivity contribution is -0.120. The number of carbonyl (C=O) groups excluding carboxylic acids is 1. The van der Waals surface area contributed by atoms with Crippen molar-refractivity contribution in [3.05, 3.63) is 0 Å². The molecule has 0 atom stereocenters. The third kappa shape index (κ3) is 4.94. The van der Waals surface area contributed by atoms with Gasteiger partial charge in [0.25, 0.3) is 0 Å². The van der Waals surface area contributed by atoms with E-state index in [9.17, 15) is 9.90 Å². The quantitative estimate of drug-likeness (QED) is 0.630. The summed E-state index contributed by atoms with van der Waals surface area (Å²) >= 11 is 0. The van der Waals surface area contributed by atoms with Crippen LogP contribution in [0.2, 0.25) is 0 Å². The molecule has 1 saturated carbocycles. The molecule has 0 aromatic rings. The average Bonchev–Trinajstić information content (AvgIpc) is 2.27. The normalized spacial score (nSPS) is 19.4. The van der Waals surface area contributed by atoms with Crippen LogP contribution in [0, 0.1) is 0 Å². The Morgan fingerprint density at radius 3 is 2.62 bits per heavy atom. The molecule has 1 fully saturated rings. The van der Waals surface area contributed by atoms with E-state index in [0.29, 0.717) is 13.1 Å². The zero-order chi connectivity index (χ0) is 11.9. The Kier molecular flexibility index (Phi) is 5.77. The standard InChI is InChI=1S/C12H24N2O2/c1-2-8-14-11(15)9-13-10-12(16)6-4-3-5-7-12/h13,16H,2-10H2,1H3,(H,14,15). The van der Waals surface area contributed by atoms with E-state index in [1.165, 1.54) is 6.42 Å². The first-order chi connectivity index (χ1) is 7.66. The van der Waals surface area contributed by atoms with Gasteiger partial charge < -0.3 is 15.7 Å². The smallest absolute Gasteiger partial charge is 0.233 e.